The van der Waals surface area contributed by atoms with Gasteiger partial charge in [-0.05, 0) is 47.8 Å². The Hall–Kier alpha value is -0.300. The van der Waals surface area contributed by atoms with E-state index >= 15 is 0 Å². The Morgan fingerprint density at radius 1 is 1.38 bits per heavy atom. The Labute approximate surface area is 87.5 Å². The minimum Gasteiger partial charge on any atom is -0.0608 e. The van der Waals surface area contributed by atoms with Crippen molar-refractivity contribution in [2.24, 2.45) is 0 Å². The number of fused-ring (bicyclic) bond motifs is 2. The average Bonchev–Trinajstić information content (AvgIpc) is 2.78. The molecular formula is C12H13Br. The molecule has 3 rings (SSSR count). The summed E-state index contributed by atoms with van der Waals surface area (Å²) >= 11 is 3.67. The van der Waals surface area contributed by atoms with Gasteiger partial charge >= 0.3 is 0 Å². The summed E-state index contributed by atoms with van der Waals surface area (Å²) in [5.41, 5.74) is 3.83. The van der Waals surface area contributed by atoms with E-state index in [0.717, 1.165) is 5.92 Å². The first-order valence-corrected chi connectivity index (χ1v) is 5.81. The van der Waals surface area contributed by atoms with Gasteiger partial charge in [0.1, 0.15) is 0 Å². The molecule has 1 spiro atoms. The maximum atomic E-state index is 3.67. The predicted molar refractivity (Wildman–Crippen MR) is 58.1 cm³/mol. The molecule has 1 saturated carbocycles. The van der Waals surface area contributed by atoms with E-state index in [1.807, 2.05) is 0 Å². The van der Waals surface area contributed by atoms with Gasteiger partial charge in [0.25, 0.3) is 0 Å². The second-order valence-electron chi connectivity index (χ2n) is 4.59. The minimum atomic E-state index is 0.610. The molecule has 0 aliphatic heterocycles. The summed E-state index contributed by atoms with van der Waals surface area (Å²) in [5.74, 6) is 0.757. The molecule has 0 heterocycles. The molecule has 0 nitrogen and oxygen atoms in total. The normalized spacial score (nSPS) is 27.7. The lowest BCUT2D eigenvalue weighted by Gasteiger charge is -2.07. The zero-order chi connectivity index (χ0) is 9.05. The lowest BCUT2D eigenvalue weighted by atomic mass is 9.99. The summed E-state index contributed by atoms with van der Waals surface area (Å²) < 4.78 is 1.32. The highest BCUT2D eigenvalue weighted by atomic mass is 79.9. The molecule has 0 saturated heterocycles. The van der Waals surface area contributed by atoms with E-state index in [-0.39, 0.29) is 0 Å². The van der Waals surface area contributed by atoms with Gasteiger partial charge in [0, 0.05) is 4.47 Å². The molecule has 68 valence electrons. The van der Waals surface area contributed by atoms with Crippen LogP contribution in [0.3, 0.4) is 0 Å². The van der Waals surface area contributed by atoms with Crippen molar-refractivity contribution in [1.82, 2.24) is 0 Å². The maximum Gasteiger partial charge on any atom is 0.0212 e. The summed E-state index contributed by atoms with van der Waals surface area (Å²) in [5, 5.41) is 0. The molecule has 0 bridgehead atoms. The summed E-state index contributed by atoms with van der Waals surface area (Å²) in [6, 6.07) is 6.69. The van der Waals surface area contributed by atoms with E-state index in [1.165, 1.54) is 23.7 Å². The Morgan fingerprint density at radius 2 is 2.15 bits per heavy atom. The molecule has 0 unspecified atom stereocenters. The van der Waals surface area contributed by atoms with Crippen molar-refractivity contribution in [3.63, 3.8) is 0 Å². The van der Waals surface area contributed by atoms with Gasteiger partial charge in [0.05, 0.1) is 0 Å². The van der Waals surface area contributed by atoms with Gasteiger partial charge in [-0.3, -0.25) is 0 Å². The number of benzene rings is 1. The van der Waals surface area contributed by atoms with Crippen molar-refractivity contribution in [3.05, 3.63) is 33.8 Å². The summed E-state index contributed by atoms with van der Waals surface area (Å²) in [7, 11) is 0. The van der Waals surface area contributed by atoms with Crippen LogP contribution in [0.4, 0.5) is 0 Å². The molecular weight excluding hydrogens is 224 g/mol. The van der Waals surface area contributed by atoms with Crippen molar-refractivity contribution in [1.29, 1.82) is 0 Å². The molecule has 2 aliphatic carbocycles. The molecule has 13 heavy (non-hydrogen) atoms. The van der Waals surface area contributed by atoms with Crippen LogP contribution in [-0.4, -0.2) is 0 Å². The van der Waals surface area contributed by atoms with Crippen LogP contribution >= 0.6 is 15.9 Å². The highest BCUT2D eigenvalue weighted by Crippen LogP contribution is 2.61. The van der Waals surface area contributed by atoms with Crippen LogP contribution < -0.4 is 0 Å². The zero-order valence-corrected chi connectivity index (χ0v) is 9.39. The average molecular weight is 237 g/mol. The molecule has 0 radical (unpaired) electrons. The lowest BCUT2D eigenvalue weighted by Crippen LogP contribution is -1.98. The fraction of sp³-hybridized carbons (Fsp3) is 0.500. The van der Waals surface area contributed by atoms with Crippen LogP contribution in [0.1, 0.15) is 43.2 Å². The van der Waals surface area contributed by atoms with E-state index in [4.69, 9.17) is 0 Å². The molecule has 1 heteroatoms. The standard InChI is InChI=1S/C12H13Br/c1-8-7-12(5-6-12)9-3-2-4-10(13)11(8)9/h2-4,8H,5-7H2,1H3/t8-/m0/s1. The Morgan fingerprint density at radius 3 is 2.85 bits per heavy atom. The first-order valence-electron chi connectivity index (χ1n) is 5.02. The van der Waals surface area contributed by atoms with Gasteiger partial charge in [-0.15, -0.1) is 0 Å². The predicted octanol–water partition coefficient (Wildman–Crippen LogP) is 3.99. The lowest BCUT2D eigenvalue weighted by molar-refractivity contribution is 0.613. The molecule has 2 aliphatic rings. The molecule has 1 aromatic carbocycles. The number of rotatable bonds is 0. The van der Waals surface area contributed by atoms with Crippen LogP contribution in [0.5, 0.6) is 0 Å². The summed E-state index contributed by atoms with van der Waals surface area (Å²) in [6.07, 6.45) is 4.21. The molecule has 0 aromatic heterocycles. The molecule has 1 atom stereocenters. The van der Waals surface area contributed by atoms with E-state index in [2.05, 4.69) is 41.1 Å². The maximum absolute atomic E-state index is 3.67. The van der Waals surface area contributed by atoms with Crippen LogP contribution in [-0.2, 0) is 5.41 Å². The Balaban J connectivity index is 2.25. The summed E-state index contributed by atoms with van der Waals surface area (Å²) in [6.45, 7) is 2.36. The largest absolute Gasteiger partial charge is 0.0608 e. The zero-order valence-electron chi connectivity index (χ0n) is 7.81. The smallest absolute Gasteiger partial charge is 0.0212 e. The first kappa shape index (κ1) is 8.05. The van der Waals surface area contributed by atoms with Crippen LogP contribution in [0.2, 0.25) is 0 Å². The monoisotopic (exact) mass is 236 g/mol. The van der Waals surface area contributed by atoms with E-state index in [1.54, 1.807) is 11.1 Å². The SMILES string of the molecule is C[C@H]1CC2(CC2)c2cccc(Br)c21. The topological polar surface area (TPSA) is 0 Å². The minimum absolute atomic E-state index is 0.610. The highest BCUT2D eigenvalue weighted by Gasteiger charge is 2.51. The third-order valence-electron chi connectivity index (χ3n) is 3.67. The van der Waals surface area contributed by atoms with Crippen LogP contribution in [0.25, 0.3) is 0 Å². The van der Waals surface area contributed by atoms with E-state index < -0.39 is 0 Å². The second-order valence-corrected chi connectivity index (χ2v) is 5.44. The molecule has 0 amide bonds. The first-order chi connectivity index (χ1) is 6.23. The van der Waals surface area contributed by atoms with Gasteiger partial charge < -0.3 is 0 Å². The van der Waals surface area contributed by atoms with Crippen molar-refractivity contribution < 1.29 is 0 Å². The second kappa shape index (κ2) is 2.38. The third-order valence-corrected chi connectivity index (χ3v) is 4.36. The van der Waals surface area contributed by atoms with Crippen LogP contribution in [0, 0.1) is 0 Å². The van der Waals surface area contributed by atoms with Crippen LogP contribution in [0.15, 0.2) is 22.7 Å². The van der Waals surface area contributed by atoms with Crippen molar-refractivity contribution in [3.8, 4) is 0 Å². The fourth-order valence-corrected chi connectivity index (χ4v) is 3.68. The van der Waals surface area contributed by atoms with Crippen molar-refractivity contribution in [2.45, 2.75) is 37.5 Å². The molecule has 0 N–H and O–H groups in total. The van der Waals surface area contributed by atoms with E-state index in [9.17, 15) is 0 Å². The highest BCUT2D eigenvalue weighted by molar-refractivity contribution is 9.10. The van der Waals surface area contributed by atoms with Crippen molar-refractivity contribution in [2.75, 3.05) is 0 Å². The number of halogens is 1. The Bertz CT molecular complexity index is 363. The van der Waals surface area contributed by atoms with Gasteiger partial charge in [0.15, 0.2) is 0 Å². The van der Waals surface area contributed by atoms with E-state index in [0.29, 0.717) is 5.41 Å². The van der Waals surface area contributed by atoms with Gasteiger partial charge in [-0.2, -0.15) is 0 Å². The fourth-order valence-electron chi connectivity index (χ4n) is 2.92. The van der Waals surface area contributed by atoms with Gasteiger partial charge in [-0.25, -0.2) is 0 Å². The quantitative estimate of drug-likeness (QED) is 0.640. The molecule has 1 fully saturated rings. The Kier molecular flexibility index (Phi) is 1.48. The molecule has 1 aromatic rings. The number of hydrogen-bond acceptors (Lipinski definition) is 0. The number of hydrogen-bond donors (Lipinski definition) is 0. The third kappa shape index (κ3) is 0.969. The summed E-state index contributed by atoms with van der Waals surface area (Å²) in [4.78, 5) is 0. The van der Waals surface area contributed by atoms with Gasteiger partial charge in [-0.1, -0.05) is 35.0 Å². The van der Waals surface area contributed by atoms with Gasteiger partial charge in [0.2, 0.25) is 0 Å². The van der Waals surface area contributed by atoms with Crippen molar-refractivity contribution >= 4 is 15.9 Å².